The van der Waals surface area contributed by atoms with Crippen molar-refractivity contribution in [1.29, 1.82) is 0 Å². The lowest BCUT2D eigenvalue weighted by atomic mass is 10.4. The molecule has 2 aromatic rings. The Morgan fingerprint density at radius 1 is 1.32 bits per heavy atom. The highest BCUT2D eigenvalue weighted by atomic mass is 32.2. The van der Waals surface area contributed by atoms with E-state index >= 15 is 0 Å². The normalized spacial score (nSPS) is 11.8. The summed E-state index contributed by atoms with van der Waals surface area (Å²) in [6, 6.07) is 1.63. The number of nitrogens with one attached hydrogen (secondary N) is 1. The third kappa shape index (κ3) is 2.48. The van der Waals surface area contributed by atoms with E-state index in [0.717, 1.165) is 0 Å². The first-order chi connectivity index (χ1) is 8.85. The molecule has 0 saturated heterocycles. The van der Waals surface area contributed by atoms with Crippen LogP contribution in [-0.2, 0) is 23.6 Å². The lowest BCUT2D eigenvalue weighted by Crippen LogP contribution is -2.15. The van der Waals surface area contributed by atoms with E-state index in [1.54, 1.807) is 42.5 Å². The zero-order valence-corrected chi connectivity index (χ0v) is 12.2. The van der Waals surface area contributed by atoms with Gasteiger partial charge in [0.05, 0.1) is 11.4 Å². The Bertz CT molecular complexity index is 699. The van der Waals surface area contributed by atoms with Gasteiger partial charge < -0.3 is 0 Å². The highest BCUT2D eigenvalue weighted by Gasteiger charge is 2.24. The van der Waals surface area contributed by atoms with Gasteiger partial charge in [-0.2, -0.15) is 10.2 Å². The first-order valence-electron chi connectivity index (χ1n) is 5.91. The summed E-state index contributed by atoms with van der Waals surface area (Å²) < 4.78 is 30.4. The third-order valence-corrected chi connectivity index (χ3v) is 4.52. The van der Waals surface area contributed by atoms with Crippen LogP contribution < -0.4 is 4.72 Å². The van der Waals surface area contributed by atoms with Crippen molar-refractivity contribution >= 4 is 15.8 Å². The Balaban J connectivity index is 2.37. The van der Waals surface area contributed by atoms with Crippen molar-refractivity contribution in [1.82, 2.24) is 19.6 Å². The molecule has 2 aromatic heterocycles. The molecule has 0 amide bonds. The van der Waals surface area contributed by atoms with Gasteiger partial charge in [-0.1, -0.05) is 0 Å². The predicted molar refractivity (Wildman–Crippen MR) is 71.4 cm³/mol. The highest BCUT2D eigenvalue weighted by Crippen LogP contribution is 2.21. The van der Waals surface area contributed by atoms with Crippen LogP contribution >= 0.6 is 0 Å². The van der Waals surface area contributed by atoms with Crippen LogP contribution in [0.3, 0.4) is 0 Å². The molecule has 19 heavy (non-hydrogen) atoms. The van der Waals surface area contributed by atoms with Gasteiger partial charge in [0.15, 0.2) is 5.82 Å². The largest absolute Gasteiger partial charge is 0.271 e. The molecule has 0 unspecified atom stereocenters. The minimum absolute atomic E-state index is 0.209. The molecule has 0 fully saturated rings. The van der Waals surface area contributed by atoms with E-state index in [4.69, 9.17) is 0 Å². The Labute approximate surface area is 112 Å². The fourth-order valence-corrected chi connectivity index (χ4v) is 3.36. The number of hydrogen-bond acceptors (Lipinski definition) is 4. The summed E-state index contributed by atoms with van der Waals surface area (Å²) in [5.41, 5.74) is 1.07. The van der Waals surface area contributed by atoms with Crippen LogP contribution in [0, 0.1) is 13.8 Å². The van der Waals surface area contributed by atoms with Gasteiger partial charge in [-0.15, -0.1) is 0 Å². The van der Waals surface area contributed by atoms with Gasteiger partial charge in [0.25, 0.3) is 10.0 Å². The Morgan fingerprint density at radius 3 is 2.47 bits per heavy atom. The molecule has 2 heterocycles. The molecular formula is C11H17N5O2S. The molecule has 0 spiro atoms. The van der Waals surface area contributed by atoms with Crippen LogP contribution in [-0.4, -0.2) is 28.0 Å². The number of rotatable bonds is 4. The molecule has 0 aliphatic heterocycles. The number of anilines is 1. The maximum Gasteiger partial charge on any atom is 0.266 e. The van der Waals surface area contributed by atoms with Gasteiger partial charge in [0.2, 0.25) is 0 Å². The second kappa shape index (κ2) is 4.69. The number of aryl methyl sites for hydroxylation is 3. The second-order valence-electron chi connectivity index (χ2n) is 4.29. The SMILES string of the molecule is CCn1ccc(NS(=O)(=O)c2c(C)nn(C)c2C)n1. The monoisotopic (exact) mass is 283 g/mol. The molecule has 7 nitrogen and oxygen atoms in total. The summed E-state index contributed by atoms with van der Waals surface area (Å²) in [5, 5.41) is 8.22. The Morgan fingerprint density at radius 2 is 2.00 bits per heavy atom. The van der Waals surface area contributed by atoms with Gasteiger partial charge >= 0.3 is 0 Å². The van der Waals surface area contributed by atoms with E-state index in [1.165, 1.54) is 0 Å². The van der Waals surface area contributed by atoms with Crippen molar-refractivity contribution in [2.45, 2.75) is 32.2 Å². The van der Waals surface area contributed by atoms with Crippen molar-refractivity contribution in [2.75, 3.05) is 4.72 Å². The number of hydrogen-bond donors (Lipinski definition) is 1. The van der Waals surface area contributed by atoms with Crippen LogP contribution in [0.2, 0.25) is 0 Å². The topological polar surface area (TPSA) is 81.8 Å². The number of nitrogens with zero attached hydrogens (tertiary/aromatic N) is 4. The molecule has 0 atom stereocenters. The average Bonchev–Trinajstić information content (AvgIpc) is 2.84. The Kier molecular flexibility index (Phi) is 3.36. The van der Waals surface area contributed by atoms with Crippen LogP contribution in [0.4, 0.5) is 5.82 Å². The maximum absolute atomic E-state index is 12.3. The van der Waals surface area contributed by atoms with E-state index < -0.39 is 10.0 Å². The minimum Gasteiger partial charge on any atom is -0.271 e. The maximum atomic E-state index is 12.3. The summed E-state index contributed by atoms with van der Waals surface area (Å²) in [6.45, 7) is 6.01. The van der Waals surface area contributed by atoms with E-state index in [1.807, 2.05) is 6.92 Å². The lowest BCUT2D eigenvalue weighted by Gasteiger charge is -2.05. The van der Waals surface area contributed by atoms with Gasteiger partial charge in [-0.3, -0.25) is 14.1 Å². The molecule has 104 valence electrons. The molecule has 1 N–H and O–H groups in total. The standard InChI is InChI=1S/C11H17N5O2S/c1-5-16-7-6-10(13-16)14-19(17,18)11-8(2)12-15(4)9(11)3/h6-7H,5H2,1-4H3,(H,13,14). The van der Waals surface area contributed by atoms with Crippen LogP contribution in [0.1, 0.15) is 18.3 Å². The molecule has 8 heteroatoms. The first-order valence-corrected chi connectivity index (χ1v) is 7.40. The average molecular weight is 283 g/mol. The second-order valence-corrected chi connectivity index (χ2v) is 5.90. The van der Waals surface area contributed by atoms with Crippen LogP contribution in [0.25, 0.3) is 0 Å². The van der Waals surface area contributed by atoms with E-state index in [0.29, 0.717) is 23.8 Å². The molecular weight excluding hydrogens is 266 g/mol. The molecule has 2 rings (SSSR count). The number of aromatic nitrogens is 4. The Hall–Kier alpha value is -1.83. The van der Waals surface area contributed by atoms with Crippen LogP contribution in [0.15, 0.2) is 17.2 Å². The van der Waals surface area contributed by atoms with Gasteiger partial charge in [-0.25, -0.2) is 8.42 Å². The first kappa shape index (κ1) is 13.6. The fraction of sp³-hybridized carbons (Fsp3) is 0.455. The molecule has 0 radical (unpaired) electrons. The predicted octanol–water partition coefficient (Wildman–Crippen LogP) is 1.05. The third-order valence-electron chi connectivity index (χ3n) is 2.91. The quantitative estimate of drug-likeness (QED) is 0.909. The van der Waals surface area contributed by atoms with E-state index in [9.17, 15) is 8.42 Å². The van der Waals surface area contributed by atoms with Crippen molar-refractivity contribution in [3.63, 3.8) is 0 Å². The van der Waals surface area contributed by atoms with Crippen molar-refractivity contribution in [3.05, 3.63) is 23.7 Å². The molecule has 0 aliphatic rings. The molecule has 0 bridgehead atoms. The summed E-state index contributed by atoms with van der Waals surface area (Å²) in [7, 11) is -1.94. The molecule has 0 aliphatic carbocycles. The molecule has 0 saturated carbocycles. The highest BCUT2D eigenvalue weighted by molar-refractivity contribution is 7.92. The zero-order valence-electron chi connectivity index (χ0n) is 11.4. The fourth-order valence-electron chi connectivity index (χ4n) is 1.92. The minimum atomic E-state index is -3.66. The van der Waals surface area contributed by atoms with Crippen molar-refractivity contribution in [3.8, 4) is 0 Å². The van der Waals surface area contributed by atoms with Gasteiger partial charge in [0.1, 0.15) is 4.90 Å². The van der Waals surface area contributed by atoms with Crippen molar-refractivity contribution in [2.24, 2.45) is 7.05 Å². The summed E-state index contributed by atoms with van der Waals surface area (Å²) in [4.78, 5) is 0.209. The zero-order chi connectivity index (χ0) is 14.2. The van der Waals surface area contributed by atoms with E-state index in [-0.39, 0.29) is 4.90 Å². The van der Waals surface area contributed by atoms with Gasteiger partial charge in [0, 0.05) is 25.9 Å². The van der Waals surface area contributed by atoms with Gasteiger partial charge in [-0.05, 0) is 20.8 Å². The van der Waals surface area contributed by atoms with Crippen molar-refractivity contribution < 1.29 is 8.42 Å². The summed E-state index contributed by atoms with van der Waals surface area (Å²) >= 11 is 0. The summed E-state index contributed by atoms with van der Waals surface area (Å²) in [6.07, 6.45) is 1.72. The van der Waals surface area contributed by atoms with Crippen LogP contribution in [0.5, 0.6) is 0 Å². The summed E-state index contributed by atoms with van der Waals surface area (Å²) in [5.74, 6) is 0.310. The van der Waals surface area contributed by atoms with E-state index in [2.05, 4.69) is 14.9 Å². The number of sulfonamides is 1. The lowest BCUT2D eigenvalue weighted by molar-refractivity contribution is 0.599. The smallest absolute Gasteiger partial charge is 0.266 e. The molecule has 0 aromatic carbocycles.